The van der Waals surface area contributed by atoms with Crippen molar-refractivity contribution in [1.82, 2.24) is 16.0 Å². The van der Waals surface area contributed by atoms with Crippen LogP contribution < -0.4 is 16.0 Å². The SMILES string of the molecule is C[C@@H](CCNC(=O)OC(C)(C)C)CC(=O)N[C@H]1CC[C@@H](C)NCC1O. The standard InChI is InChI=1S/C18H35N3O4/c1-12(8-9-19-17(24)25-18(3,4)5)10-16(23)21-14-7-6-13(2)20-11-15(14)22/h12-15,20,22H,6-11H2,1-5H3,(H,19,24)(H,21,23)/t12-,13+,14-,15?/m0/s1. The van der Waals surface area contributed by atoms with Gasteiger partial charge in [0.15, 0.2) is 0 Å². The molecule has 0 aromatic rings. The zero-order chi connectivity index (χ0) is 19.0. The van der Waals surface area contributed by atoms with Crippen molar-refractivity contribution in [2.24, 2.45) is 5.92 Å². The monoisotopic (exact) mass is 357 g/mol. The summed E-state index contributed by atoms with van der Waals surface area (Å²) in [7, 11) is 0. The van der Waals surface area contributed by atoms with Crippen molar-refractivity contribution in [1.29, 1.82) is 0 Å². The van der Waals surface area contributed by atoms with E-state index in [-0.39, 0.29) is 17.9 Å². The van der Waals surface area contributed by atoms with E-state index in [2.05, 4.69) is 22.9 Å². The summed E-state index contributed by atoms with van der Waals surface area (Å²) < 4.78 is 5.17. The number of nitrogens with one attached hydrogen (secondary N) is 3. The predicted molar refractivity (Wildman–Crippen MR) is 97.3 cm³/mol. The molecule has 1 heterocycles. The molecule has 1 aliphatic heterocycles. The van der Waals surface area contributed by atoms with Crippen LogP contribution in [0.15, 0.2) is 0 Å². The highest BCUT2D eigenvalue weighted by atomic mass is 16.6. The van der Waals surface area contributed by atoms with Gasteiger partial charge in [-0.2, -0.15) is 0 Å². The van der Waals surface area contributed by atoms with Crippen LogP contribution in [0, 0.1) is 5.92 Å². The van der Waals surface area contributed by atoms with E-state index in [4.69, 9.17) is 4.74 Å². The minimum atomic E-state index is -0.557. The molecule has 0 aliphatic carbocycles. The molecular formula is C18H35N3O4. The molecule has 0 radical (unpaired) electrons. The zero-order valence-electron chi connectivity index (χ0n) is 16.2. The average Bonchev–Trinajstić information content (AvgIpc) is 2.60. The minimum Gasteiger partial charge on any atom is -0.444 e. The van der Waals surface area contributed by atoms with E-state index in [1.807, 2.05) is 27.7 Å². The molecule has 0 bridgehead atoms. The van der Waals surface area contributed by atoms with Gasteiger partial charge in [-0.05, 0) is 52.9 Å². The van der Waals surface area contributed by atoms with Gasteiger partial charge in [0, 0.05) is 25.6 Å². The highest BCUT2D eigenvalue weighted by Gasteiger charge is 2.25. The number of aliphatic hydroxyl groups is 1. The summed E-state index contributed by atoms with van der Waals surface area (Å²) in [5.74, 6) is 0.0817. The number of hydrogen-bond acceptors (Lipinski definition) is 5. The summed E-state index contributed by atoms with van der Waals surface area (Å²) in [4.78, 5) is 23.8. The largest absolute Gasteiger partial charge is 0.444 e. The van der Waals surface area contributed by atoms with Crippen LogP contribution in [0.2, 0.25) is 0 Å². The molecule has 146 valence electrons. The van der Waals surface area contributed by atoms with Gasteiger partial charge in [0.25, 0.3) is 0 Å². The maximum absolute atomic E-state index is 12.2. The second-order valence-electron chi connectivity index (χ2n) is 8.15. The Labute approximate surface area is 151 Å². The molecule has 4 atom stereocenters. The molecule has 1 saturated heterocycles. The van der Waals surface area contributed by atoms with Crippen molar-refractivity contribution in [2.45, 2.75) is 84.1 Å². The van der Waals surface area contributed by atoms with E-state index in [0.29, 0.717) is 32.0 Å². The lowest BCUT2D eigenvalue weighted by molar-refractivity contribution is -0.123. The Kier molecular flexibility index (Phi) is 8.65. The Morgan fingerprint density at radius 2 is 2.00 bits per heavy atom. The number of β-amino-alcohol motifs (C(OH)–C–C–N with tert-alkyl or cyclic N) is 1. The van der Waals surface area contributed by atoms with Crippen molar-refractivity contribution in [3.63, 3.8) is 0 Å². The predicted octanol–water partition coefficient (Wildman–Crippen LogP) is 1.55. The molecule has 1 unspecified atom stereocenters. The Balaban J connectivity index is 2.26. The molecule has 4 N–H and O–H groups in total. The van der Waals surface area contributed by atoms with Gasteiger partial charge >= 0.3 is 6.09 Å². The number of aliphatic hydroxyl groups excluding tert-OH is 1. The Hall–Kier alpha value is -1.34. The topological polar surface area (TPSA) is 99.7 Å². The molecular weight excluding hydrogens is 322 g/mol. The second-order valence-corrected chi connectivity index (χ2v) is 8.15. The lowest BCUT2D eigenvalue weighted by Crippen LogP contribution is -2.46. The van der Waals surface area contributed by atoms with E-state index < -0.39 is 17.8 Å². The summed E-state index contributed by atoms with van der Waals surface area (Å²) in [6.45, 7) is 10.5. The Morgan fingerprint density at radius 3 is 2.64 bits per heavy atom. The van der Waals surface area contributed by atoms with Crippen molar-refractivity contribution >= 4 is 12.0 Å². The van der Waals surface area contributed by atoms with Crippen molar-refractivity contribution in [3.05, 3.63) is 0 Å². The molecule has 0 saturated carbocycles. The van der Waals surface area contributed by atoms with Crippen molar-refractivity contribution in [2.75, 3.05) is 13.1 Å². The fourth-order valence-corrected chi connectivity index (χ4v) is 2.78. The number of rotatable bonds is 6. The summed E-state index contributed by atoms with van der Waals surface area (Å²) in [5.41, 5.74) is -0.512. The molecule has 2 amide bonds. The van der Waals surface area contributed by atoms with Gasteiger partial charge in [-0.25, -0.2) is 4.79 Å². The van der Waals surface area contributed by atoms with Crippen LogP contribution in [-0.2, 0) is 9.53 Å². The van der Waals surface area contributed by atoms with E-state index >= 15 is 0 Å². The summed E-state index contributed by atoms with van der Waals surface area (Å²) >= 11 is 0. The lowest BCUT2D eigenvalue weighted by Gasteiger charge is -2.22. The molecule has 0 aromatic carbocycles. The van der Waals surface area contributed by atoms with Crippen LogP contribution in [0.1, 0.15) is 60.3 Å². The summed E-state index contributed by atoms with van der Waals surface area (Å²) in [6.07, 6.45) is 1.78. The fraction of sp³-hybridized carbons (Fsp3) is 0.889. The number of carbonyl (C=O) groups excluding carboxylic acids is 2. The van der Waals surface area contributed by atoms with Crippen LogP contribution in [0.3, 0.4) is 0 Å². The van der Waals surface area contributed by atoms with Gasteiger partial charge in [0.05, 0.1) is 12.1 Å². The van der Waals surface area contributed by atoms with E-state index in [9.17, 15) is 14.7 Å². The van der Waals surface area contributed by atoms with E-state index in [1.54, 1.807) is 0 Å². The van der Waals surface area contributed by atoms with Crippen LogP contribution in [0.25, 0.3) is 0 Å². The second kappa shape index (κ2) is 9.97. The first-order valence-electron chi connectivity index (χ1n) is 9.24. The quantitative estimate of drug-likeness (QED) is 0.578. The molecule has 1 aliphatic rings. The van der Waals surface area contributed by atoms with Gasteiger partial charge < -0.3 is 25.8 Å². The number of carbonyl (C=O) groups is 2. The number of amides is 2. The maximum Gasteiger partial charge on any atom is 0.407 e. The molecule has 7 heteroatoms. The van der Waals surface area contributed by atoms with Gasteiger partial charge in [0.2, 0.25) is 5.91 Å². The number of hydrogen-bond donors (Lipinski definition) is 4. The smallest absolute Gasteiger partial charge is 0.407 e. The molecule has 1 fully saturated rings. The third-order valence-corrected chi connectivity index (χ3v) is 4.24. The minimum absolute atomic E-state index is 0.0524. The average molecular weight is 357 g/mol. The third-order valence-electron chi connectivity index (χ3n) is 4.24. The maximum atomic E-state index is 12.2. The summed E-state index contributed by atoms with van der Waals surface area (Å²) in [6, 6.07) is 0.159. The molecule has 25 heavy (non-hydrogen) atoms. The van der Waals surface area contributed by atoms with Crippen molar-refractivity contribution in [3.8, 4) is 0 Å². The van der Waals surface area contributed by atoms with Crippen LogP contribution in [0.4, 0.5) is 4.79 Å². The van der Waals surface area contributed by atoms with Gasteiger partial charge in [-0.15, -0.1) is 0 Å². The van der Waals surface area contributed by atoms with Crippen molar-refractivity contribution < 1.29 is 19.4 Å². The normalized spacial score (nSPS) is 25.6. The zero-order valence-corrected chi connectivity index (χ0v) is 16.2. The van der Waals surface area contributed by atoms with Crippen LogP contribution in [-0.4, -0.2) is 54.0 Å². The first-order chi connectivity index (χ1) is 11.6. The molecule has 1 rings (SSSR count). The van der Waals surface area contributed by atoms with Gasteiger partial charge in [0.1, 0.15) is 5.60 Å². The molecule has 7 nitrogen and oxygen atoms in total. The lowest BCUT2D eigenvalue weighted by atomic mass is 10.0. The molecule has 0 spiro atoms. The van der Waals surface area contributed by atoms with E-state index in [1.165, 1.54) is 0 Å². The highest BCUT2D eigenvalue weighted by molar-refractivity contribution is 5.76. The van der Waals surface area contributed by atoms with Gasteiger partial charge in [-0.3, -0.25) is 4.79 Å². The van der Waals surface area contributed by atoms with E-state index in [0.717, 1.165) is 12.8 Å². The fourth-order valence-electron chi connectivity index (χ4n) is 2.78. The van der Waals surface area contributed by atoms with Crippen LogP contribution in [0.5, 0.6) is 0 Å². The summed E-state index contributed by atoms with van der Waals surface area (Å²) in [5, 5.41) is 19.0. The van der Waals surface area contributed by atoms with Crippen LogP contribution >= 0.6 is 0 Å². The molecule has 0 aromatic heterocycles. The number of alkyl carbamates (subject to hydrolysis) is 1. The first kappa shape index (κ1) is 21.7. The number of ether oxygens (including phenoxy) is 1. The Morgan fingerprint density at radius 1 is 1.32 bits per heavy atom. The first-order valence-corrected chi connectivity index (χ1v) is 9.24. The Bertz CT molecular complexity index is 437. The van der Waals surface area contributed by atoms with Gasteiger partial charge in [-0.1, -0.05) is 6.92 Å². The third kappa shape index (κ3) is 9.65. The highest BCUT2D eigenvalue weighted by Crippen LogP contribution is 2.12.